The van der Waals surface area contributed by atoms with Crippen molar-refractivity contribution in [1.29, 1.82) is 0 Å². The van der Waals surface area contributed by atoms with Crippen molar-refractivity contribution >= 4 is 46.0 Å². The van der Waals surface area contributed by atoms with Crippen LogP contribution in [0.3, 0.4) is 0 Å². The third kappa shape index (κ3) is 4.21. The quantitative estimate of drug-likeness (QED) is 0.443. The van der Waals surface area contributed by atoms with Gasteiger partial charge in [-0.05, 0) is 37.8 Å². The summed E-state index contributed by atoms with van der Waals surface area (Å²) in [6.07, 6.45) is 0. The number of nitrogens with zero attached hydrogens (tertiary/aromatic N) is 4. The summed E-state index contributed by atoms with van der Waals surface area (Å²) >= 11 is 8.39. The lowest BCUT2D eigenvalue weighted by Crippen LogP contribution is -2.04. The number of aromatic nitrogens is 5. The molecule has 0 fully saturated rings. The average Bonchev–Trinajstić information content (AvgIpc) is 2.99. The Labute approximate surface area is 159 Å². The molecule has 0 amide bonds. The first-order valence-corrected chi connectivity index (χ1v) is 9.72. The molecule has 0 radical (unpaired) electrons. The highest BCUT2D eigenvalue weighted by Crippen LogP contribution is 2.28. The molecular formula is C16H18ClIN6. The van der Waals surface area contributed by atoms with Gasteiger partial charge in [-0.1, -0.05) is 46.3 Å². The number of halogens is 2. The highest BCUT2D eigenvalue weighted by molar-refractivity contribution is 14.1. The summed E-state index contributed by atoms with van der Waals surface area (Å²) in [5.41, 5.74) is 2.61. The summed E-state index contributed by atoms with van der Waals surface area (Å²) < 4.78 is 0. The maximum atomic E-state index is 6.24. The number of alkyl halides is 1. The fourth-order valence-corrected chi connectivity index (χ4v) is 2.24. The lowest BCUT2D eigenvalue weighted by molar-refractivity contribution is 1.03. The van der Waals surface area contributed by atoms with Crippen LogP contribution in [0.5, 0.6) is 0 Å². The number of hydrogen-bond donors (Lipinski definition) is 2. The minimum absolute atomic E-state index is 0.476. The fraction of sp³-hybridized carbons (Fsp3) is 0.250. The highest BCUT2D eigenvalue weighted by atomic mass is 127. The molecule has 2 aromatic heterocycles. The van der Waals surface area contributed by atoms with Gasteiger partial charge in [0.05, 0.1) is 5.02 Å². The third-order valence-electron chi connectivity index (χ3n) is 3.33. The topological polar surface area (TPSA) is 79.4 Å². The van der Waals surface area contributed by atoms with Gasteiger partial charge in [-0.3, -0.25) is 5.10 Å². The van der Waals surface area contributed by atoms with E-state index in [-0.39, 0.29) is 0 Å². The number of nitrogens with one attached hydrogen (secondary N) is 2. The molecule has 0 atom stereocenters. The fourth-order valence-electron chi connectivity index (χ4n) is 2.02. The van der Waals surface area contributed by atoms with Gasteiger partial charge in [0.1, 0.15) is 11.6 Å². The van der Waals surface area contributed by atoms with Gasteiger partial charge in [-0.15, -0.1) is 5.10 Å². The Morgan fingerprint density at radius 2 is 1.75 bits per heavy atom. The second-order valence-electron chi connectivity index (χ2n) is 4.96. The van der Waals surface area contributed by atoms with Gasteiger partial charge in [-0.2, -0.15) is 4.98 Å². The highest BCUT2D eigenvalue weighted by Gasteiger charge is 2.13. The van der Waals surface area contributed by atoms with Gasteiger partial charge in [0.25, 0.3) is 0 Å². The zero-order chi connectivity index (χ0) is 17.7. The summed E-state index contributed by atoms with van der Waals surface area (Å²) in [5, 5.41) is 10.6. The van der Waals surface area contributed by atoms with E-state index in [0.29, 0.717) is 22.6 Å². The lowest BCUT2D eigenvalue weighted by atomic mass is 10.2. The molecule has 2 N–H and O–H groups in total. The Balaban J connectivity index is 0.00000100. The number of hydrogen-bond acceptors (Lipinski definition) is 5. The SMILES string of the molecule is CI.Cc1nc(Nc2nc(-c3ccccc3Cl)nc(C)c2C)n[nH]1. The van der Waals surface area contributed by atoms with Gasteiger partial charge in [-0.25, -0.2) is 9.97 Å². The number of aryl methyl sites for hydroxylation is 2. The molecule has 3 rings (SSSR count). The maximum absolute atomic E-state index is 6.24. The monoisotopic (exact) mass is 456 g/mol. The minimum atomic E-state index is 0.476. The molecule has 2 heterocycles. The van der Waals surface area contributed by atoms with Gasteiger partial charge in [0.15, 0.2) is 5.82 Å². The second kappa shape index (κ2) is 8.39. The van der Waals surface area contributed by atoms with Crippen molar-refractivity contribution in [3.63, 3.8) is 0 Å². The Kier molecular flexibility index (Phi) is 6.50. The van der Waals surface area contributed by atoms with Crippen LogP contribution in [0.4, 0.5) is 11.8 Å². The van der Waals surface area contributed by atoms with Crippen LogP contribution in [-0.4, -0.2) is 30.1 Å². The van der Waals surface area contributed by atoms with Crippen LogP contribution in [-0.2, 0) is 0 Å². The lowest BCUT2D eigenvalue weighted by Gasteiger charge is -2.11. The van der Waals surface area contributed by atoms with Crippen molar-refractivity contribution < 1.29 is 0 Å². The Bertz CT molecular complexity index is 833. The zero-order valence-corrected chi connectivity index (χ0v) is 16.8. The smallest absolute Gasteiger partial charge is 0.247 e. The molecule has 0 aliphatic carbocycles. The number of aromatic amines is 1. The van der Waals surface area contributed by atoms with E-state index in [0.717, 1.165) is 22.6 Å². The predicted octanol–water partition coefficient (Wildman–Crippen LogP) is 4.64. The van der Waals surface area contributed by atoms with E-state index in [9.17, 15) is 0 Å². The standard InChI is InChI=1S/C15H15ClN6.CH3I/c1-8-9(2)17-14(11-6-4-5-7-12(11)16)19-13(8)20-15-18-10(3)21-22-15;1-2/h4-7H,1-3H3,(H2,17,18,19,20,21,22);1H3. The van der Waals surface area contributed by atoms with Gasteiger partial charge >= 0.3 is 0 Å². The Hall–Kier alpha value is -1.74. The van der Waals surface area contributed by atoms with Crippen LogP contribution >= 0.6 is 34.2 Å². The van der Waals surface area contributed by atoms with Crippen LogP contribution in [0.2, 0.25) is 5.02 Å². The van der Waals surface area contributed by atoms with Gasteiger partial charge in [0.2, 0.25) is 5.95 Å². The van der Waals surface area contributed by atoms with E-state index >= 15 is 0 Å². The third-order valence-corrected chi connectivity index (χ3v) is 3.66. The molecule has 0 bridgehead atoms. The average molecular weight is 457 g/mol. The summed E-state index contributed by atoms with van der Waals surface area (Å²) in [6, 6.07) is 7.50. The first-order valence-electron chi connectivity index (χ1n) is 7.18. The Morgan fingerprint density at radius 1 is 1.04 bits per heavy atom. The molecular weight excluding hydrogens is 439 g/mol. The van der Waals surface area contributed by atoms with Crippen LogP contribution in [0.1, 0.15) is 17.1 Å². The molecule has 3 aromatic rings. The molecule has 0 aliphatic heterocycles. The van der Waals surface area contributed by atoms with E-state index in [1.54, 1.807) is 0 Å². The van der Waals surface area contributed by atoms with E-state index in [1.807, 2.05) is 50.0 Å². The second-order valence-corrected chi connectivity index (χ2v) is 5.36. The molecule has 0 spiro atoms. The first-order chi connectivity index (χ1) is 11.5. The minimum Gasteiger partial charge on any atom is -0.307 e. The largest absolute Gasteiger partial charge is 0.307 e. The molecule has 0 unspecified atom stereocenters. The van der Waals surface area contributed by atoms with E-state index < -0.39 is 0 Å². The number of anilines is 2. The van der Waals surface area contributed by atoms with Gasteiger partial charge in [0, 0.05) is 16.8 Å². The van der Waals surface area contributed by atoms with E-state index in [4.69, 9.17) is 11.6 Å². The van der Waals surface area contributed by atoms with Crippen molar-refractivity contribution in [2.24, 2.45) is 0 Å². The predicted molar refractivity (Wildman–Crippen MR) is 106 cm³/mol. The molecule has 8 heteroatoms. The Morgan fingerprint density at radius 3 is 2.38 bits per heavy atom. The molecule has 6 nitrogen and oxygen atoms in total. The molecule has 0 saturated carbocycles. The van der Waals surface area contributed by atoms with Crippen LogP contribution < -0.4 is 5.32 Å². The van der Waals surface area contributed by atoms with E-state index in [2.05, 4.69) is 53.1 Å². The molecule has 1 aromatic carbocycles. The molecule has 0 aliphatic rings. The van der Waals surface area contributed by atoms with Crippen molar-refractivity contribution in [3.05, 3.63) is 46.4 Å². The molecule has 24 heavy (non-hydrogen) atoms. The van der Waals surface area contributed by atoms with Crippen LogP contribution in [0, 0.1) is 20.8 Å². The maximum Gasteiger partial charge on any atom is 0.247 e. The van der Waals surface area contributed by atoms with E-state index in [1.165, 1.54) is 0 Å². The number of H-pyrrole nitrogens is 1. The summed E-state index contributed by atoms with van der Waals surface area (Å²) in [4.78, 5) is 15.3. The summed E-state index contributed by atoms with van der Waals surface area (Å²) in [7, 11) is 0. The number of rotatable bonds is 3. The summed E-state index contributed by atoms with van der Waals surface area (Å²) in [6.45, 7) is 5.73. The molecule has 126 valence electrons. The summed E-state index contributed by atoms with van der Waals surface area (Å²) in [5.74, 6) is 2.45. The van der Waals surface area contributed by atoms with Crippen molar-refractivity contribution in [1.82, 2.24) is 25.1 Å². The van der Waals surface area contributed by atoms with Gasteiger partial charge < -0.3 is 5.32 Å². The van der Waals surface area contributed by atoms with Crippen LogP contribution in [0.25, 0.3) is 11.4 Å². The van der Waals surface area contributed by atoms with Crippen molar-refractivity contribution in [3.8, 4) is 11.4 Å². The van der Waals surface area contributed by atoms with Crippen LogP contribution in [0.15, 0.2) is 24.3 Å². The van der Waals surface area contributed by atoms with Crippen molar-refractivity contribution in [2.75, 3.05) is 10.2 Å². The number of benzene rings is 1. The zero-order valence-electron chi connectivity index (χ0n) is 13.9. The first kappa shape index (κ1) is 18.6. The normalized spacial score (nSPS) is 10.1. The molecule has 0 saturated heterocycles. The van der Waals surface area contributed by atoms with Crippen molar-refractivity contribution in [2.45, 2.75) is 20.8 Å².